The second-order valence-corrected chi connectivity index (χ2v) is 15.5. The van der Waals surface area contributed by atoms with Crippen LogP contribution in [0.3, 0.4) is 0 Å². The molecule has 0 bridgehead atoms. The molecule has 2 nitrogen and oxygen atoms in total. The van der Waals surface area contributed by atoms with Crippen molar-refractivity contribution < 1.29 is 4.42 Å². The third-order valence-corrected chi connectivity index (χ3v) is 12.6. The molecule has 0 unspecified atom stereocenters. The Morgan fingerprint density at radius 2 is 0.904 bits per heavy atom. The fourth-order valence-electron chi connectivity index (χ4n) is 7.77. The Morgan fingerprint density at radius 3 is 1.67 bits per heavy atom. The van der Waals surface area contributed by atoms with Crippen molar-refractivity contribution >= 4 is 102 Å². The summed E-state index contributed by atoms with van der Waals surface area (Å²) in [6, 6.07) is 63.8. The second kappa shape index (κ2) is 11.7. The Bertz CT molecular complexity index is 3130. The van der Waals surface area contributed by atoms with E-state index < -0.39 is 0 Å². The molecule has 0 aliphatic rings. The summed E-state index contributed by atoms with van der Waals surface area (Å²) in [5, 5.41) is 7.53. The first-order chi connectivity index (χ1) is 25.7. The van der Waals surface area contributed by atoms with Gasteiger partial charge in [-0.25, -0.2) is 0 Å². The summed E-state index contributed by atoms with van der Waals surface area (Å²) in [5.41, 5.74) is 9.82. The highest BCUT2D eigenvalue weighted by molar-refractivity contribution is 7.26. The third kappa shape index (κ3) is 4.69. The van der Waals surface area contributed by atoms with E-state index in [2.05, 4.69) is 169 Å². The van der Waals surface area contributed by atoms with Crippen LogP contribution >= 0.6 is 22.7 Å². The number of benzene rings is 8. The molecule has 52 heavy (non-hydrogen) atoms. The monoisotopic (exact) mass is 699 g/mol. The summed E-state index contributed by atoms with van der Waals surface area (Å²) in [6.45, 7) is 0. The molecule has 0 N–H and O–H groups in total. The van der Waals surface area contributed by atoms with Crippen molar-refractivity contribution in [3.63, 3.8) is 0 Å². The van der Waals surface area contributed by atoms with Crippen molar-refractivity contribution in [1.29, 1.82) is 0 Å². The molecule has 0 radical (unpaired) electrons. The van der Waals surface area contributed by atoms with Gasteiger partial charge in [0.1, 0.15) is 11.2 Å². The van der Waals surface area contributed by atoms with Gasteiger partial charge in [0.05, 0.1) is 0 Å². The molecule has 3 aromatic heterocycles. The van der Waals surface area contributed by atoms with Gasteiger partial charge in [-0.15, -0.1) is 22.7 Å². The highest BCUT2D eigenvalue weighted by Gasteiger charge is 2.17. The van der Waals surface area contributed by atoms with E-state index >= 15 is 0 Å². The lowest BCUT2D eigenvalue weighted by molar-refractivity contribution is 0.670. The minimum atomic E-state index is 0.913. The van der Waals surface area contributed by atoms with E-state index in [1.54, 1.807) is 0 Å². The Balaban J connectivity index is 1.02. The van der Waals surface area contributed by atoms with Crippen LogP contribution in [-0.4, -0.2) is 0 Å². The van der Waals surface area contributed by atoms with Gasteiger partial charge in [-0.1, -0.05) is 109 Å². The average molecular weight is 700 g/mol. The number of nitrogens with zero attached hydrogens (tertiary/aromatic N) is 1. The molecule has 4 heteroatoms. The molecule has 0 spiro atoms. The maximum Gasteiger partial charge on any atom is 0.143 e. The number of furan rings is 1. The summed E-state index contributed by atoms with van der Waals surface area (Å²) in [4.78, 5) is 2.37. The van der Waals surface area contributed by atoms with Crippen molar-refractivity contribution in [2.75, 3.05) is 4.90 Å². The Labute approximate surface area is 308 Å². The Morgan fingerprint density at radius 1 is 0.346 bits per heavy atom. The molecule has 11 aromatic rings. The van der Waals surface area contributed by atoms with Crippen LogP contribution in [0.15, 0.2) is 180 Å². The van der Waals surface area contributed by atoms with Crippen LogP contribution in [0.25, 0.3) is 84.5 Å². The standard InChI is InChI=1S/C48H29NOS2/c1-4-13-43-37(8-1)41-12-7-11-36(48(41)50-43)31-18-23-34(24-19-31)49(35-25-26-40-38-9-2-5-14-44(38)52-47(40)29-35)33-21-16-30(17-22-33)32-20-27-46-42(28-32)39-10-3-6-15-45(39)51-46/h1-29H. The maximum atomic E-state index is 6.40. The first-order valence-corrected chi connectivity index (χ1v) is 19.1. The SMILES string of the molecule is c1ccc2c(c1)oc1c(-c3ccc(N(c4ccc(-c5ccc6sc7ccccc7c6c5)cc4)c4ccc5c(c4)sc4ccccc45)cc3)cccc12. The van der Waals surface area contributed by atoms with Crippen molar-refractivity contribution in [3.05, 3.63) is 176 Å². The van der Waals surface area contributed by atoms with Gasteiger partial charge in [0.25, 0.3) is 0 Å². The van der Waals surface area contributed by atoms with E-state index in [4.69, 9.17) is 4.42 Å². The Hall–Kier alpha value is -6.20. The quantitative estimate of drug-likeness (QED) is 0.178. The fraction of sp³-hybridized carbons (Fsp3) is 0. The van der Waals surface area contributed by atoms with Gasteiger partial charge in [0.2, 0.25) is 0 Å². The number of anilines is 3. The molecular formula is C48H29NOS2. The smallest absolute Gasteiger partial charge is 0.143 e. The zero-order valence-corrected chi connectivity index (χ0v) is 29.5. The molecule has 244 valence electrons. The maximum absolute atomic E-state index is 6.40. The number of hydrogen-bond donors (Lipinski definition) is 0. The molecular weight excluding hydrogens is 671 g/mol. The largest absolute Gasteiger partial charge is 0.455 e. The number of thiophene rings is 2. The molecule has 0 amide bonds. The second-order valence-electron chi connectivity index (χ2n) is 13.3. The lowest BCUT2D eigenvalue weighted by Gasteiger charge is -2.26. The summed E-state index contributed by atoms with van der Waals surface area (Å²) in [6.07, 6.45) is 0. The molecule has 0 saturated heterocycles. The lowest BCUT2D eigenvalue weighted by atomic mass is 10.0. The molecule has 0 aliphatic carbocycles. The van der Waals surface area contributed by atoms with Gasteiger partial charge in [-0.3, -0.25) is 0 Å². The van der Waals surface area contributed by atoms with Crippen LogP contribution in [-0.2, 0) is 0 Å². The molecule has 3 heterocycles. The molecule has 0 atom stereocenters. The van der Waals surface area contributed by atoms with E-state index in [1.807, 2.05) is 34.8 Å². The van der Waals surface area contributed by atoms with Crippen LogP contribution < -0.4 is 4.90 Å². The highest BCUT2D eigenvalue weighted by atomic mass is 32.1. The number of fused-ring (bicyclic) bond motifs is 9. The van der Waals surface area contributed by atoms with Crippen molar-refractivity contribution in [3.8, 4) is 22.3 Å². The van der Waals surface area contributed by atoms with Crippen LogP contribution in [0, 0.1) is 0 Å². The molecule has 8 aromatic carbocycles. The van der Waals surface area contributed by atoms with Crippen LogP contribution in [0.2, 0.25) is 0 Å². The first-order valence-electron chi connectivity index (χ1n) is 17.5. The molecule has 0 saturated carbocycles. The van der Waals surface area contributed by atoms with Crippen molar-refractivity contribution in [2.24, 2.45) is 0 Å². The normalized spacial score (nSPS) is 11.8. The van der Waals surface area contributed by atoms with Crippen LogP contribution in [0.1, 0.15) is 0 Å². The number of para-hydroxylation sites is 2. The molecule has 0 fully saturated rings. The van der Waals surface area contributed by atoms with Crippen molar-refractivity contribution in [1.82, 2.24) is 0 Å². The summed E-state index contributed by atoms with van der Waals surface area (Å²) in [7, 11) is 0. The van der Waals surface area contributed by atoms with Crippen molar-refractivity contribution in [2.45, 2.75) is 0 Å². The van der Waals surface area contributed by atoms with E-state index in [0.29, 0.717) is 0 Å². The highest BCUT2D eigenvalue weighted by Crippen LogP contribution is 2.43. The first kappa shape index (κ1) is 29.5. The third-order valence-electron chi connectivity index (χ3n) is 10.3. The van der Waals surface area contributed by atoms with Crippen LogP contribution in [0.5, 0.6) is 0 Å². The van der Waals surface area contributed by atoms with Gasteiger partial charge in [-0.2, -0.15) is 0 Å². The predicted molar refractivity (Wildman–Crippen MR) is 225 cm³/mol. The average Bonchev–Trinajstić information content (AvgIpc) is 3.89. The minimum Gasteiger partial charge on any atom is -0.455 e. The Kier molecular flexibility index (Phi) is 6.63. The van der Waals surface area contributed by atoms with E-state index in [0.717, 1.165) is 50.1 Å². The lowest BCUT2D eigenvalue weighted by Crippen LogP contribution is -2.09. The van der Waals surface area contributed by atoms with Gasteiger partial charge in [0.15, 0.2) is 0 Å². The predicted octanol–water partition coefficient (Wildman–Crippen LogP) is 15.1. The van der Waals surface area contributed by atoms with Crippen LogP contribution in [0.4, 0.5) is 17.1 Å². The zero-order valence-electron chi connectivity index (χ0n) is 27.9. The van der Waals surface area contributed by atoms with E-state index in [1.165, 1.54) is 51.5 Å². The molecule has 11 rings (SSSR count). The van der Waals surface area contributed by atoms with Gasteiger partial charge < -0.3 is 9.32 Å². The minimum absolute atomic E-state index is 0.913. The topological polar surface area (TPSA) is 16.4 Å². The van der Waals surface area contributed by atoms with E-state index in [9.17, 15) is 0 Å². The van der Waals surface area contributed by atoms with Gasteiger partial charge in [-0.05, 0) is 83.4 Å². The number of hydrogen-bond acceptors (Lipinski definition) is 4. The van der Waals surface area contributed by atoms with Gasteiger partial charge >= 0.3 is 0 Å². The zero-order chi connectivity index (χ0) is 34.2. The number of rotatable bonds is 5. The van der Waals surface area contributed by atoms with Gasteiger partial charge in [0, 0.05) is 73.7 Å². The summed E-state index contributed by atoms with van der Waals surface area (Å²) < 4.78 is 11.6. The molecule has 0 aliphatic heterocycles. The summed E-state index contributed by atoms with van der Waals surface area (Å²) in [5.74, 6) is 0. The fourth-order valence-corrected chi connectivity index (χ4v) is 10.00. The van der Waals surface area contributed by atoms with E-state index in [-0.39, 0.29) is 0 Å². The summed E-state index contributed by atoms with van der Waals surface area (Å²) >= 11 is 3.71.